The maximum atomic E-state index is 14.0. The molecule has 0 aromatic heterocycles. The average Bonchev–Trinajstić information content (AvgIpc) is 2.49. The van der Waals surface area contributed by atoms with E-state index in [0.717, 1.165) is 0 Å². The number of carbonyl (C=O) groups excluding carboxylic acids is 1. The SMILES string of the molecule is Cc1cccc(C(=O)Nc2ccc(CN(C)C)c(F)c2)c1[N+](=O)[O-]. The molecular weight excluding hydrogens is 313 g/mol. The summed E-state index contributed by atoms with van der Waals surface area (Å²) in [6.45, 7) is 1.99. The lowest BCUT2D eigenvalue weighted by Gasteiger charge is -2.12. The average molecular weight is 331 g/mol. The van der Waals surface area contributed by atoms with Gasteiger partial charge in [0.05, 0.1) is 4.92 Å². The van der Waals surface area contributed by atoms with E-state index >= 15 is 0 Å². The van der Waals surface area contributed by atoms with Crippen LogP contribution >= 0.6 is 0 Å². The Labute approximate surface area is 139 Å². The van der Waals surface area contributed by atoms with Crippen molar-refractivity contribution >= 4 is 17.3 Å². The van der Waals surface area contributed by atoms with E-state index in [9.17, 15) is 19.3 Å². The van der Waals surface area contributed by atoms with Crippen molar-refractivity contribution in [3.05, 3.63) is 69.0 Å². The van der Waals surface area contributed by atoms with Crippen LogP contribution in [-0.4, -0.2) is 29.8 Å². The van der Waals surface area contributed by atoms with Crippen LogP contribution in [0.1, 0.15) is 21.5 Å². The van der Waals surface area contributed by atoms with Gasteiger partial charge in [-0.3, -0.25) is 14.9 Å². The van der Waals surface area contributed by atoms with Crippen LogP contribution < -0.4 is 5.32 Å². The number of anilines is 1. The number of halogens is 1. The molecule has 0 unspecified atom stereocenters. The molecule has 126 valence electrons. The lowest BCUT2D eigenvalue weighted by molar-refractivity contribution is -0.385. The van der Waals surface area contributed by atoms with Crippen molar-refractivity contribution in [3.8, 4) is 0 Å². The zero-order valence-electron chi connectivity index (χ0n) is 13.7. The largest absolute Gasteiger partial charge is 0.322 e. The van der Waals surface area contributed by atoms with E-state index in [4.69, 9.17) is 0 Å². The maximum absolute atomic E-state index is 14.0. The Morgan fingerprint density at radius 2 is 2.00 bits per heavy atom. The number of para-hydroxylation sites is 1. The van der Waals surface area contributed by atoms with Crippen molar-refractivity contribution < 1.29 is 14.1 Å². The van der Waals surface area contributed by atoms with E-state index in [0.29, 0.717) is 17.7 Å². The highest BCUT2D eigenvalue weighted by Crippen LogP contribution is 2.24. The van der Waals surface area contributed by atoms with Gasteiger partial charge in [-0.1, -0.05) is 18.2 Å². The first-order valence-electron chi connectivity index (χ1n) is 7.28. The molecule has 0 aliphatic rings. The lowest BCUT2D eigenvalue weighted by atomic mass is 10.1. The molecule has 0 spiro atoms. The fraction of sp³-hybridized carbons (Fsp3) is 0.235. The summed E-state index contributed by atoms with van der Waals surface area (Å²) in [5.41, 5.74) is 0.827. The summed E-state index contributed by atoms with van der Waals surface area (Å²) < 4.78 is 14.0. The Morgan fingerprint density at radius 1 is 1.29 bits per heavy atom. The second-order valence-electron chi connectivity index (χ2n) is 5.73. The summed E-state index contributed by atoms with van der Waals surface area (Å²) in [4.78, 5) is 24.7. The third-order valence-electron chi connectivity index (χ3n) is 3.46. The molecule has 0 bridgehead atoms. The summed E-state index contributed by atoms with van der Waals surface area (Å²) >= 11 is 0. The number of hydrogen-bond donors (Lipinski definition) is 1. The third kappa shape index (κ3) is 3.94. The lowest BCUT2D eigenvalue weighted by Crippen LogP contribution is -2.15. The van der Waals surface area contributed by atoms with E-state index in [1.54, 1.807) is 31.2 Å². The normalized spacial score (nSPS) is 10.7. The molecule has 0 aliphatic carbocycles. The highest BCUT2D eigenvalue weighted by molar-refractivity contribution is 6.07. The number of amides is 1. The molecule has 0 atom stereocenters. The summed E-state index contributed by atoms with van der Waals surface area (Å²) in [6, 6.07) is 8.86. The van der Waals surface area contributed by atoms with Crippen LogP contribution in [0.4, 0.5) is 15.8 Å². The standard InChI is InChI=1S/C17H18FN3O3/c1-11-5-4-6-14(16(11)21(23)24)17(22)19-13-8-7-12(10-20(2)3)15(18)9-13/h4-9H,10H2,1-3H3,(H,19,22). The van der Waals surface area contributed by atoms with Gasteiger partial charge in [0, 0.05) is 23.4 Å². The van der Waals surface area contributed by atoms with E-state index in [-0.39, 0.29) is 16.9 Å². The number of hydrogen-bond acceptors (Lipinski definition) is 4. The molecular formula is C17H18FN3O3. The van der Waals surface area contributed by atoms with E-state index in [1.807, 2.05) is 19.0 Å². The van der Waals surface area contributed by atoms with Crippen LogP contribution in [-0.2, 0) is 6.54 Å². The van der Waals surface area contributed by atoms with Gasteiger partial charge >= 0.3 is 0 Å². The first kappa shape index (κ1) is 17.6. The van der Waals surface area contributed by atoms with Crippen LogP contribution in [0.5, 0.6) is 0 Å². The second kappa shape index (κ2) is 7.18. The molecule has 0 heterocycles. The molecule has 1 N–H and O–H groups in total. The van der Waals surface area contributed by atoms with Crippen molar-refractivity contribution in [2.24, 2.45) is 0 Å². The number of nitrogens with zero attached hydrogens (tertiary/aromatic N) is 2. The molecule has 0 aliphatic heterocycles. The molecule has 0 radical (unpaired) electrons. The molecule has 0 saturated carbocycles. The molecule has 0 fully saturated rings. The Bertz CT molecular complexity index is 791. The minimum Gasteiger partial charge on any atom is -0.322 e. The monoisotopic (exact) mass is 331 g/mol. The van der Waals surface area contributed by atoms with Gasteiger partial charge in [-0.2, -0.15) is 0 Å². The fourth-order valence-corrected chi connectivity index (χ4v) is 2.38. The Morgan fingerprint density at radius 3 is 2.58 bits per heavy atom. The van der Waals surface area contributed by atoms with Crippen molar-refractivity contribution in [2.75, 3.05) is 19.4 Å². The topological polar surface area (TPSA) is 75.5 Å². The molecule has 1 amide bonds. The number of nitro benzene ring substituents is 1. The zero-order chi connectivity index (χ0) is 17.9. The Balaban J connectivity index is 2.26. The molecule has 6 nitrogen and oxygen atoms in total. The predicted molar refractivity (Wildman–Crippen MR) is 89.6 cm³/mol. The van der Waals surface area contributed by atoms with Gasteiger partial charge in [0.2, 0.25) is 0 Å². The van der Waals surface area contributed by atoms with Crippen LogP contribution in [0.25, 0.3) is 0 Å². The van der Waals surface area contributed by atoms with Crippen LogP contribution in [0, 0.1) is 22.9 Å². The second-order valence-corrected chi connectivity index (χ2v) is 5.73. The Kier molecular flexibility index (Phi) is 5.25. The van der Waals surface area contributed by atoms with E-state index < -0.39 is 16.6 Å². The highest BCUT2D eigenvalue weighted by atomic mass is 19.1. The summed E-state index contributed by atoms with van der Waals surface area (Å²) in [5, 5.41) is 13.7. The minimum absolute atomic E-state index is 0.0576. The first-order valence-corrected chi connectivity index (χ1v) is 7.28. The van der Waals surface area contributed by atoms with Crippen LogP contribution in [0.3, 0.4) is 0 Å². The zero-order valence-corrected chi connectivity index (χ0v) is 13.7. The molecule has 2 rings (SSSR count). The number of nitro groups is 1. The van der Waals surface area contributed by atoms with Crippen molar-refractivity contribution in [1.82, 2.24) is 4.90 Å². The molecule has 24 heavy (non-hydrogen) atoms. The molecule has 7 heteroatoms. The van der Waals surface area contributed by atoms with Crippen LogP contribution in [0.2, 0.25) is 0 Å². The molecule has 2 aromatic rings. The van der Waals surface area contributed by atoms with Crippen molar-refractivity contribution in [2.45, 2.75) is 13.5 Å². The highest BCUT2D eigenvalue weighted by Gasteiger charge is 2.22. The quantitative estimate of drug-likeness (QED) is 0.673. The van der Waals surface area contributed by atoms with Gasteiger partial charge in [-0.15, -0.1) is 0 Å². The summed E-state index contributed by atoms with van der Waals surface area (Å²) in [5.74, 6) is -1.09. The van der Waals surface area contributed by atoms with Crippen molar-refractivity contribution in [3.63, 3.8) is 0 Å². The molecule has 0 saturated heterocycles. The predicted octanol–water partition coefficient (Wildman–Crippen LogP) is 3.36. The smallest absolute Gasteiger partial charge is 0.285 e. The van der Waals surface area contributed by atoms with Gasteiger partial charge in [0.1, 0.15) is 11.4 Å². The van der Waals surface area contributed by atoms with Gasteiger partial charge in [0.15, 0.2) is 0 Å². The van der Waals surface area contributed by atoms with Gasteiger partial charge < -0.3 is 10.2 Å². The van der Waals surface area contributed by atoms with E-state index in [2.05, 4.69) is 5.32 Å². The number of aryl methyl sites for hydroxylation is 1. The fourth-order valence-electron chi connectivity index (χ4n) is 2.38. The first-order chi connectivity index (χ1) is 11.3. The van der Waals surface area contributed by atoms with E-state index in [1.165, 1.54) is 12.1 Å². The molecule has 2 aromatic carbocycles. The van der Waals surface area contributed by atoms with Gasteiger partial charge in [0.25, 0.3) is 11.6 Å². The van der Waals surface area contributed by atoms with Crippen molar-refractivity contribution in [1.29, 1.82) is 0 Å². The Hall–Kier alpha value is -2.80. The minimum atomic E-state index is -0.648. The summed E-state index contributed by atoms with van der Waals surface area (Å²) in [7, 11) is 3.65. The van der Waals surface area contributed by atoms with Gasteiger partial charge in [-0.05, 0) is 39.2 Å². The van der Waals surface area contributed by atoms with Gasteiger partial charge in [-0.25, -0.2) is 4.39 Å². The summed E-state index contributed by atoms with van der Waals surface area (Å²) in [6.07, 6.45) is 0. The van der Waals surface area contributed by atoms with Crippen LogP contribution in [0.15, 0.2) is 36.4 Å². The number of carbonyl (C=O) groups is 1. The number of rotatable bonds is 5. The number of nitrogens with one attached hydrogen (secondary N) is 1. The third-order valence-corrected chi connectivity index (χ3v) is 3.46. The number of benzene rings is 2. The maximum Gasteiger partial charge on any atom is 0.285 e.